The van der Waals surface area contributed by atoms with Crippen LogP contribution in [0.4, 0.5) is 5.69 Å². The summed E-state index contributed by atoms with van der Waals surface area (Å²) in [6, 6.07) is 11.5. The highest BCUT2D eigenvalue weighted by atomic mass is 35.5. The number of nitrogens with one attached hydrogen (secondary N) is 1. The maximum absolute atomic E-state index is 12.0. The average molecular weight is 396 g/mol. The molecule has 0 aliphatic heterocycles. The average Bonchev–Trinajstić information content (AvgIpc) is 2.61. The minimum absolute atomic E-state index is 0.139. The van der Waals surface area contributed by atoms with Gasteiger partial charge in [0.15, 0.2) is 0 Å². The van der Waals surface area contributed by atoms with Crippen molar-refractivity contribution in [1.82, 2.24) is 0 Å². The largest absolute Gasteiger partial charge is 0.492 e. The molecule has 0 fully saturated rings. The van der Waals surface area contributed by atoms with E-state index in [0.29, 0.717) is 53.1 Å². The molecule has 0 aliphatic carbocycles. The second-order valence-corrected chi connectivity index (χ2v) is 6.22. The molecule has 0 aliphatic rings. The van der Waals surface area contributed by atoms with Crippen molar-refractivity contribution in [3.05, 3.63) is 58.1 Å². The van der Waals surface area contributed by atoms with Crippen LogP contribution in [0.2, 0.25) is 10.0 Å². The van der Waals surface area contributed by atoms with Gasteiger partial charge in [0.2, 0.25) is 5.91 Å². The summed E-state index contributed by atoms with van der Waals surface area (Å²) in [6.07, 6.45) is 0.830. The zero-order chi connectivity index (χ0) is 18.9. The number of benzene rings is 2. The highest BCUT2D eigenvalue weighted by Crippen LogP contribution is 2.27. The molecular formula is C19H19Cl2NO4. The number of anilines is 1. The van der Waals surface area contributed by atoms with E-state index in [2.05, 4.69) is 5.32 Å². The van der Waals surface area contributed by atoms with Gasteiger partial charge < -0.3 is 14.8 Å². The van der Waals surface area contributed by atoms with Gasteiger partial charge in [-0.1, -0.05) is 23.2 Å². The minimum atomic E-state index is -0.386. The van der Waals surface area contributed by atoms with Crippen molar-refractivity contribution in [2.45, 2.75) is 19.8 Å². The lowest BCUT2D eigenvalue weighted by Crippen LogP contribution is -2.13. The standard InChI is InChI=1S/C19H19Cl2NO4/c1-2-25-19(24)13-5-8-15(9-6-13)22-18(23)4-3-11-26-17-10-7-14(20)12-16(17)21/h5-10,12H,2-4,11H2,1H3,(H,22,23). The fourth-order valence-corrected chi connectivity index (χ4v) is 2.60. The Morgan fingerprint density at radius 1 is 1.08 bits per heavy atom. The van der Waals surface area contributed by atoms with Crippen molar-refractivity contribution in [3.8, 4) is 5.75 Å². The molecular weight excluding hydrogens is 377 g/mol. The van der Waals surface area contributed by atoms with Crippen LogP contribution in [-0.4, -0.2) is 25.1 Å². The van der Waals surface area contributed by atoms with Gasteiger partial charge in [0.25, 0.3) is 0 Å². The summed E-state index contributed by atoms with van der Waals surface area (Å²) in [5.41, 5.74) is 1.06. The Morgan fingerprint density at radius 3 is 2.46 bits per heavy atom. The van der Waals surface area contributed by atoms with E-state index in [9.17, 15) is 9.59 Å². The second-order valence-electron chi connectivity index (χ2n) is 5.37. The quantitative estimate of drug-likeness (QED) is 0.506. The van der Waals surface area contributed by atoms with Crippen molar-refractivity contribution < 1.29 is 19.1 Å². The van der Waals surface area contributed by atoms with Crippen molar-refractivity contribution >= 4 is 40.8 Å². The normalized spacial score (nSPS) is 10.3. The Labute approximate surface area is 162 Å². The number of amides is 1. The fraction of sp³-hybridized carbons (Fsp3) is 0.263. The van der Waals surface area contributed by atoms with Crippen LogP contribution in [0.3, 0.4) is 0 Å². The molecule has 0 bridgehead atoms. The maximum Gasteiger partial charge on any atom is 0.338 e. The van der Waals surface area contributed by atoms with E-state index in [4.69, 9.17) is 32.7 Å². The molecule has 2 rings (SSSR count). The van der Waals surface area contributed by atoms with Crippen molar-refractivity contribution in [2.24, 2.45) is 0 Å². The number of rotatable bonds is 8. The number of carbonyl (C=O) groups excluding carboxylic acids is 2. The zero-order valence-electron chi connectivity index (χ0n) is 14.3. The molecule has 0 unspecified atom stereocenters. The molecule has 2 aromatic carbocycles. The molecule has 0 atom stereocenters. The van der Waals surface area contributed by atoms with Crippen molar-refractivity contribution in [1.29, 1.82) is 0 Å². The van der Waals surface area contributed by atoms with Gasteiger partial charge in [-0.05, 0) is 55.8 Å². The van der Waals surface area contributed by atoms with Crippen LogP contribution in [0.5, 0.6) is 5.75 Å². The molecule has 0 saturated heterocycles. The molecule has 0 radical (unpaired) electrons. The van der Waals surface area contributed by atoms with Crippen LogP contribution >= 0.6 is 23.2 Å². The van der Waals surface area contributed by atoms with Gasteiger partial charge in [0.05, 0.1) is 23.8 Å². The van der Waals surface area contributed by atoms with E-state index in [1.807, 2.05) is 0 Å². The predicted octanol–water partition coefficient (Wildman–Crippen LogP) is 4.97. The molecule has 0 spiro atoms. The maximum atomic E-state index is 12.0. The van der Waals surface area contributed by atoms with E-state index in [0.717, 1.165) is 0 Å². The molecule has 138 valence electrons. The SMILES string of the molecule is CCOC(=O)c1ccc(NC(=O)CCCOc2ccc(Cl)cc2Cl)cc1. The number of halogens is 2. The fourth-order valence-electron chi connectivity index (χ4n) is 2.13. The van der Waals surface area contributed by atoms with Crippen LogP contribution in [0.1, 0.15) is 30.1 Å². The Bertz CT molecular complexity index is 763. The lowest BCUT2D eigenvalue weighted by Gasteiger charge is -2.09. The van der Waals surface area contributed by atoms with E-state index in [1.54, 1.807) is 49.4 Å². The number of carbonyl (C=O) groups is 2. The molecule has 0 heterocycles. The summed E-state index contributed by atoms with van der Waals surface area (Å²) in [6.45, 7) is 2.42. The summed E-state index contributed by atoms with van der Waals surface area (Å²) in [5.74, 6) is 0.00843. The van der Waals surface area contributed by atoms with Gasteiger partial charge in [-0.3, -0.25) is 4.79 Å². The van der Waals surface area contributed by atoms with E-state index in [1.165, 1.54) is 0 Å². The Morgan fingerprint density at radius 2 is 1.81 bits per heavy atom. The highest BCUT2D eigenvalue weighted by molar-refractivity contribution is 6.35. The minimum Gasteiger partial charge on any atom is -0.492 e. The summed E-state index contributed by atoms with van der Waals surface area (Å²) >= 11 is 11.8. The zero-order valence-corrected chi connectivity index (χ0v) is 15.8. The molecule has 1 N–H and O–H groups in total. The predicted molar refractivity (Wildman–Crippen MR) is 102 cm³/mol. The molecule has 7 heteroatoms. The van der Waals surface area contributed by atoms with Gasteiger partial charge in [0, 0.05) is 17.1 Å². The molecule has 1 amide bonds. The lowest BCUT2D eigenvalue weighted by molar-refractivity contribution is -0.116. The van der Waals surface area contributed by atoms with E-state index >= 15 is 0 Å². The molecule has 5 nitrogen and oxygen atoms in total. The van der Waals surface area contributed by atoms with Crippen LogP contribution in [0.15, 0.2) is 42.5 Å². The summed E-state index contributed by atoms with van der Waals surface area (Å²) < 4.78 is 10.4. The molecule has 26 heavy (non-hydrogen) atoms. The number of ether oxygens (including phenoxy) is 2. The summed E-state index contributed by atoms with van der Waals surface area (Å²) in [5, 5.41) is 3.74. The molecule has 0 saturated carbocycles. The number of hydrogen-bond acceptors (Lipinski definition) is 4. The van der Waals surface area contributed by atoms with Crippen LogP contribution in [0, 0.1) is 0 Å². The Hall–Kier alpha value is -2.24. The van der Waals surface area contributed by atoms with Crippen molar-refractivity contribution in [2.75, 3.05) is 18.5 Å². The first-order valence-electron chi connectivity index (χ1n) is 8.14. The number of esters is 1. The smallest absolute Gasteiger partial charge is 0.338 e. The van der Waals surface area contributed by atoms with Crippen LogP contribution < -0.4 is 10.1 Å². The van der Waals surface area contributed by atoms with E-state index in [-0.39, 0.29) is 11.9 Å². The van der Waals surface area contributed by atoms with Crippen LogP contribution in [-0.2, 0) is 9.53 Å². The third kappa shape index (κ3) is 6.24. The van der Waals surface area contributed by atoms with Gasteiger partial charge >= 0.3 is 5.97 Å². The number of hydrogen-bond donors (Lipinski definition) is 1. The van der Waals surface area contributed by atoms with Crippen molar-refractivity contribution in [3.63, 3.8) is 0 Å². The molecule has 2 aromatic rings. The summed E-state index contributed by atoms with van der Waals surface area (Å²) in [7, 11) is 0. The third-order valence-electron chi connectivity index (χ3n) is 3.38. The molecule has 0 aromatic heterocycles. The van der Waals surface area contributed by atoms with Gasteiger partial charge in [-0.15, -0.1) is 0 Å². The first kappa shape index (κ1) is 20.1. The second kappa shape index (κ2) is 10.0. The third-order valence-corrected chi connectivity index (χ3v) is 3.91. The topological polar surface area (TPSA) is 64.6 Å². The van der Waals surface area contributed by atoms with E-state index < -0.39 is 0 Å². The van der Waals surface area contributed by atoms with Gasteiger partial charge in [0.1, 0.15) is 5.75 Å². The monoisotopic (exact) mass is 395 g/mol. The Balaban J connectivity index is 1.74. The highest BCUT2D eigenvalue weighted by Gasteiger charge is 2.08. The van der Waals surface area contributed by atoms with Crippen LogP contribution in [0.25, 0.3) is 0 Å². The first-order valence-corrected chi connectivity index (χ1v) is 8.90. The van der Waals surface area contributed by atoms with Gasteiger partial charge in [-0.2, -0.15) is 0 Å². The Kier molecular flexibility index (Phi) is 7.75. The lowest BCUT2D eigenvalue weighted by atomic mass is 10.2. The summed E-state index contributed by atoms with van der Waals surface area (Å²) in [4.78, 5) is 23.5. The van der Waals surface area contributed by atoms with Gasteiger partial charge in [-0.25, -0.2) is 4.79 Å². The first-order chi connectivity index (χ1) is 12.5.